The number of likely N-dealkylation sites (tertiary alicyclic amines) is 1. The molecule has 44 heavy (non-hydrogen) atoms. The first-order valence-corrected chi connectivity index (χ1v) is 14.6. The van der Waals surface area contributed by atoms with E-state index in [1.165, 1.54) is 4.57 Å². The number of piperidine rings is 1. The molecule has 4 aromatic rings. The second-order valence-corrected chi connectivity index (χ2v) is 11.3. The van der Waals surface area contributed by atoms with Gasteiger partial charge in [0.05, 0.1) is 27.5 Å². The van der Waals surface area contributed by atoms with Crippen LogP contribution >= 0.6 is 23.2 Å². The number of alkyl halides is 2. The molecule has 232 valence electrons. The number of benzene rings is 3. The minimum absolute atomic E-state index is 0.0291. The van der Waals surface area contributed by atoms with Gasteiger partial charge in [-0.25, -0.2) is 18.0 Å². The molecule has 0 radical (unpaired) electrons. The van der Waals surface area contributed by atoms with Crippen LogP contribution in [0.4, 0.5) is 13.2 Å². The first kappa shape index (κ1) is 31.5. The molecule has 0 atom stereocenters. The number of halogens is 5. The van der Waals surface area contributed by atoms with E-state index in [-0.39, 0.29) is 24.1 Å². The van der Waals surface area contributed by atoms with Crippen molar-refractivity contribution >= 4 is 40.5 Å². The largest absolute Gasteiger partial charge is 0.489 e. The normalized spacial score (nSPS) is 13.9. The number of fused-ring (bicyclic) bond motifs is 1. The summed E-state index contributed by atoms with van der Waals surface area (Å²) in [5, 5.41) is 0.759. The van der Waals surface area contributed by atoms with E-state index in [4.69, 9.17) is 32.7 Å². The molecule has 2 heterocycles. The Labute approximate surface area is 260 Å². The second kappa shape index (κ2) is 13.8. The first-order valence-electron chi connectivity index (χ1n) is 13.8. The van der Waals surface area contributed by atoms with Crippen molar-refractivity contribution in [1.82, 2.24) is 14.0 Å². The van der Waals surface area contributed by atoms with Crippen molar-refractivity contribution in [3.05, 3.63) is 102 Å². The molecular formula is C31H28Cl2F3N3O5. The van der Waals surface area contributed by atoms with Crippen LogP contribution in [0.15, 0.2) is 64.2 Å². The fraction of sp³-hybridized carbons (Fsp3) is 0.323. The number of ether oxygens (including phenoxy) is 2. The van der Waals surface area contributed by atoms with Gasteiger partial charge in [-0.3, -0.25) is 18.7 Å². The van der Waals surface area contributed by atoms with Crippen LogP contribution in [0.5, 0.6) is 11.5 Å². The van der Waals surface area contributed by atoms with Crippen LogP contribution in [-0.4, -0.2) is 53.0 Å². The molecule has 0 bridgehead atoms. The highest BCUT2D eigenvalue weighted by molar-refractivity contribution is 6.42. The minimum atomic E-state index is -1.55. The zero-order valence-corrected chi connectivity index (χ0v) is 24.9. The lowest BCUT2D eigenvalue weighted by atomic mass is 10.0. The van der Waals surface area contributed by atoms with Gasteiger partial charge >= 0.3 is 5.69 Å². The predicted molar refractivity (Wildman–Crippen MR) is 161 cm³/mol. The maximum absolute atomic E-state index is 15.1. The Morgan fingerprint density at radius 1 is 0.955 bits per heavy atom. The average Bonchev–Trinajstić information content (AvgIpc) is 3.03. The molecule has 0 aliphatic carbocycles. The summed E-state index contributed by atoms with van der Waals surface area (Å²) in [6, 6.07) is 13.6. The molecule has 1 aromatic heterocycles. The summed E-state index contributed by atoms with van der Waals surface area (Å²) in [6.45, 7) is -1.60. The topological polar surface area (TPSA) is 82.8 Å². The molecule has 0 unspecified atom stereocenters. The molecule has 3 aromatic carbocycles. The molecule has 0 saturated carbocycles. The Morgan fingerprint density at radius 3 is 2.39 bits per heavy atom. The lowest BCUT2D eigenvalue weighted by molar-refractivity contribution is -0.119. The van der Waals surface area contributed by atoms with Crippen molar-refractivity contribution in [2.45, 2.75) is 38.1 Å². The fourth-order valence-electron chi connectivity index (χ4n) is 5.21. The van der Waals surface area contributed by atoms with Crippen molar-refractivity contribution in [3.63, 3.8) is 0 Å². The zero-order valence-electron chi connectivity index (χ0n) is 23.4. The number of carbonyl (C=O) groups is 1. The van der Waals surface area contributed by atoms with Gasteiger partial charge in [-0.2, -0.15) is 0 Å². The van der Waals surface area contributed by atoms with Gasteiger partial charge in [0, 0.05) is 25.2 Å². The molecule has 0 N–H and O–H groups in total. The average molecular weight is 650 g/mol. The van der Waals surface area contributed by atoms with E-state index >= 15 is 4.39 Å². The molecule has 1 aliphatic heterocycles. The van der Waals surface area contributed by atoms with E-state index in [1.54, 1.807) is 47.4 Å². The summed E-state index contributed by atoms with van der Waals surface area (Å²) < 4.78 is 54.9. The van der Waals surface area contributed by atoms with E-state index < -0.39 is 48.3 Å². The Bertz CT molecular complexity index is 1790. The van der Waals surface area contributed by atoms with Gasteiger partial charge in [0.2, 0.25) is 6.41 Å². The summed E-state index contributed by atoms with van der Waals surface area (Å²) in [4.78, 5) is 40.5. The summed E-state index contributed by atoms with van der Waals surface area (Å²) in [5.41, 5.74) is 0.00255. The van der Waals surface area contributed by atoms with Gasteiger partial charge in [-0.05, 0) is 54.3 Å². The SMILES string of the molecule is O=CN1CCC(n2c(=O)n(Cc3cccc(OCc4ccc(Cl)c(Cl)c4)c3)c(=O)c3cc(OC(CF)CF)c(F)cc32)CC1. The number of nitrogens with zero attached hydrogens (tertiary/aromatic N) is 3. The first-order chi connectivity index (χ1) is 21.2. The molecule has 1 aliphatic rings. The molecule has 1 saturated heterocycles. The highest BCUT2D eigenvalue weighted by Gasteiger charge is 2.26. The third-order valence-corrected chi connectivity index (χ3v) is 8.24. The number of rotatable bonds is 11. The Morgan fingerprint density at radius 2 is 1.70 bits per heavy atom. The van der Waals surface area contributed by atoms with Crippen LogP contribution in [0.1, 0.15) is 30.0 Å². The van der Waals surface area contributed by atoms with E-state index in [2.05, 4.69) is 0 Å². The van der Waals surface area contributed by atoms with Crippen LogP contribution < -0.4 is 20.7 Å². The summed E-state index contributed by atoms with van der Waals surface area (Å²) >= 11 is 12.1. The molecule has 1 fully saturated rings. The smallest absolute Gasteiger partial charge is 0.332 e. The summed E-state index contributed by atoms with van der Waals surface area (Å²) in [7, 11) is 0. The lowest BCUT2D eigenvalue weighted by Crippen LogP contribution is -2.44. The van der Waals surface area contributed by atoms with Gasteiger partial charge in [0.1, 0.15) is 25.7 Å². The zero-order chi connectivity index (χ0) is 31.4. The van der Waals surface area contributed by atoms with Crippen LogP contribution in [-0.2, 0) is 17.9 Å². The van der Waals surface area contributed by atoms with Gasteiger partial charge in [0.25, 0.3) is 5.56 Å². The Kier molecular flexibility index (Phi) is 9.85. The molecule has 13 heteroatoms. The molecule has 8 nitrogen and oxygen atoms in total. The molecule has 5 rings (SSSR count). The van der Waals surface area contributed by atoms with Crippen LogP contribution in [0.3, 0.4) is 0 Å². The van der Waals surface area contributed by atoms with Crippen LogP contribution in [0.25, 0.3) is 10.9 Å². The second-order valence-electron chi connectivity index (χ2n) is 10.4. The number of aromatic nitrogens is 2. The summed E-state index contributed by atoms with van der Waals surface area (Å²) in [5.74, 6) is -0.989. The van der Waals surface area contributed by atoms with Crippen LogP contribution in [0, 0.1) is 5.82 Å². The van der Waals surface area contributed by atoms with Crippen molar-refractivity contribution in [2.24, 2.45) is 0 Å². The third-order valence-electron chi connectivity index (χ3n) is 7.50. The fourth-order valence-corrected chi connectivity index (χ4v) is 5.53. The van der Waals surface area contributed by atoms with E-state index in [1.807, 2.05) is 0 Å². The van der Waals surface area contributed by atoms with Gasteiger partial charge in [-0.1, -0.05) is 41.4 Å². The number of carbonyl (C=O) groups excluding carboxylic acids is 1. The Hall–Kier alpha value is -3.96. The lowest BCUT2D eigenvalue weighted by Gasteiger charge is -2.31. The van der Waals surface area contributed by atoms with E-state index in [9.17, 15) is 23.2 Å². The number of amides is 1. The van der Waals surface area contributed by atoms with Crippen molar-refractivity contribution in [3.8, 4) is 11.5 Å². The standard InChI is InChI=1S/C31H28Cl2F3N3O5/c32-25-5-4-20(11-26(25)33)17-43-22-3-1-2-19(10-22)16-38-30(41)24-12-29(44-23(14-34)15-35)27(36)13-28(24)39(31(38)42)21-6-8-37(18-40)9-7-21/h1-5,10-13,18,21,23H,6-9,14-17H2. The predicted octanol–water partition coefficient (Wildman–Crippen LogP) is 5.72. The Balaban J connectivity index is 1.53. The van der Waals surface area contributed by atoms with Crippen molar-refractivity contribution in [2.75, 3.05) is 26.4 Å². The van der Waals surface area contributed by atoms with Gasteiger partial charge in [-0.15, -0.1) is 0 Å². The third kappa shape index (κ3) is 6.73. The van der Waals surface area contributed by atoms with Crippen LogP contribution in [0.2, 0.25) is 10.0 Å². The van der Waals surface area contributed by atoms with E-state index in [0.29, 0.717) is 47.3 Å². The van der Waals surface area contributed by atoms with Gasteiger partial charge < -0.3 is 14.4 Å². The monoisotopic (exact) mass is 649 g/mol. The van der Waals surface area contributed by atoms with Crippen molar-refractivity contribution in [1.29, 1.82) is 0 Å². The molecular weight excluding hydrogens is 622 g/mol. The maximum Gasteiger partial charge on any atom is 0.332 e. The van der Waals surface area contributed by atoms with E-state index in [0.717, 1.165) is 28.7 Å². The number of hydrogen-bond acceptors (Lipinski definition) is 5. The molecule has 1 amide bonds. The highest BCUT2D eigenvalue weighted by Crippen LogP contribution is 2.29. The summed E-state index contributed by atoms with van der Waals surface area (Å²) in [6.07, 6.45) is -0.0237. The number of hydrogen-bond donors (Lipinski definition) is 0. The minimum Gasteiger partial charge on any atom is -0.489 e. The highest BCUT2D eigenvalue weighted by atomic mass is 35.5. The quantitative estimate of drug-likeness (QED) is 0.194. The van der Waals surface area contributed by atoms with Gasteiger partial charge in [0.15, 0.2) is 17.7 Å². The molecule has 0 spiro atoms. The van der Waals surface area contributed by atoms with Crippen molar-refractivity contribution < 1.29 is 27.4 Å². The maximum atomic E-state index is 15.1.